The second kappa shape index (κ2) is 8.61. The highest BCUT2D eigenvalue weighted by atomic mass is 19.4. The molecule has 0 bridgehead atoms. The third-order valence-corrected chi connectivity index (χ3v) is 5.49. The van der Waals surface area contributed by atoms with Gasteiger partial charge in [0.1, 0.15) is 11.5 Å². The highest BCUT2D eigenvalue weighted by molar-refractivity contribution is 5.77. The first-order valence-electron chi connectivity index (χ1n) is 9.83. The number of alkyl halides is 3. The molecule has 1 aromatic carbocycles. The van der Waals surface area contributed by atoms with Crippen LogP contribution in [0.15, 0.2) is 40.8 Å². The van der Waals surface area contributed by atoms with Crippen LogP contribution in [0, 0.1) is 12.3 Å². The normalized spacial score (nSPS) is 17.3. The van der Waals surface area contributed by atoms with Gasteiger partial charge in [-0.3, -0.25) is 9.69 Å². The van der Waals surface area contributed by atoms with Crippen LogP contribution in [0.2, 0.25) is 0 Å². The first kappa shape index (κ1) is 21.4. The number of hydrogen-bond donors (Lipinski definition) is 0. The molecule has 0 amide bonds. The molecule has 1 saturated heterocycles. The molecule has 0 aliphatic carbocycles. The van der Waals surface area contributed by atoms with Crippen LogP contribution < -0.4 is 0 Å². The van der Waals surface area contributed by atoms with Crippen LogP contribution in [-0.2, 0) is 28.7 Å². The number of nitrogens with zero attached hydrogens (tertiary/aromatic N) is 1. The van der Waals surface area contributed by atoms with E-state index < -0.39 is 17.2 Å². The van der Waals surface area contributed by atoms with Gasteiger partial charge in [-0.2, -0.15) is 13.2 Å². The molecule has 1 aliphatic rings. The first-order valence-corrected chi connectivity index (χ1v) is 9.83. The van der Waals surface area contributed by atoms with Crippen LogP contribution in [-0.4, -0.2) is 30.6 Å². The molecule has 1 fully saturated rings. The highest BCUT2D eigenvalue weighted by Crippen LogP contribution is 2.38. The van der Waals surface area contributed by atoms with Crippen molar-refractivity contribution in [1.82, 2.24) is 4.90 Å². The number of esters is 1. The van der Waals surface area contributed by atoms with Crippen molar-refractivity contribution >= 4 is 5.97 Å². The summed E-state index contributed by atoms with van der Waals surface area (Å²) >= 11 is 0. The summed E-state index contributed by atoms with van der Waals surface area (Å²) in [4.78, 5) is 15.0. The van der Waals surface area contributed by atoms with E-state index in [0.29, 0.717) is 38.0 Å². The fraction of sp³-hybridized carbons (Fsp3) is 0.500. The molecule has 29 heavy (non-hydrogen) atoms. The monoisotopic (exact) mass is 409 g/mol. The zero-order valence-corrected chi connectivity index (χ0v) is 16.7. The number of likely N-dealkylation sites (tertiary alicyclic amines) is 1. The second-order valence-electron chi connectivity index (χ2n) is 7.66. The second-order valence-corrected chi connectivity index (χ2v) is 7.66. The summed E-state index contributed by atoms with van der Waals surface area (Å²) in [6.45, 7) is 5.83. The van der Waals surface area contributed by atoms with Gasteiger partial charge < -0.3 is 9.15 Å². The van der Waals surface area contributed by atoms with Crippen molar-refractivity contribution in [2.24, 2.45) is 5.41 Å². The lowest BCUT2D eigenvalue weighted by Crippen LogP contribution is -2.46. The molecular formula is C22H26F3NO3. The molecule has 158 valence electrons. The number of rotatable bonds is 6. The van der Waals surface area contributed by atoms with Gasteiger partial charge in [-0.15, -0.1) is 0 Å². The molecule has 0 spiro atoms. The van der Waals surface area contributed by atoms with E-state index in [-0.39, 0.29) is 19.0 Å². The lowest BCUT2D eigenvalue weighted by atomic mass is 9.73. The molecule has 0 radical (unpaired) electrons. The maximum atomic E-state index is 13.1. The van der Waals surface area contributed by atoms with Crippen LogP contribution in [0.4, 0.5) is 13.2 Å². The Morgan fingerprint density at radius 2 is 1.93 bits per heavy atom. The Balaban J connectivity index is 1.75. The molecule has 0 unspecified atom stereocenters. The lowest BCUT2D eigenvalue weighted by molar-refractivity contribution is -0.158. The summed E-state index contributed by atoms with van der Waals surface area (Å²) in [5.74, 6) is 1.39. The van der Waals surface area contributed by atoms with Crippen LogP contribution in [0.5, 0.6) is 0 Å². The minimum absolute atomic E-state index is 0.240. The van der Waals surface area contributed by atoms with Crippen molar-refractivity contribution in [1.29, 1.82) is 0 Å². The quantitative estimate of drug-likeness (QED) is 0.630. The molecule has 1 aliphatic heterocycles. The molecule has 7 heteroatoms. The third kappa shape index (κ3) is 5.21. The van der Waals surface area contributed by atoms with Gasteiger partial charge in [0.25, 0.3) is 0 Å². The summed E-state index contributed by atoms with van der Waals surface area (Å²) in [6.07, 6.45) is -3.11. The number of piperidine rings is 1. The number of carbonyl (C=O) groups excluding carboxylic acids is 1. The van der Waals surface area contributed by atoms with Crippen LogP contribution >= 0.6 is 0 Å². The number of aryl methyl sites for hydroxylation is 1. The van der Waals surface area contributed by atoms with Crippen LogP contribution in [0.25, 0.3) is 0 Å². The number of hydrogen-bond acceptors (Lipinski definition) is 4. The highest BCUT2D eigenvalue weighted by Gasteiger charge is 2.43. The van der Waals surface area contributed by atoms with E-state index in [2.05, 4.69) is 4.90 Å². The van der Waals surface area contributed by atoms with Gasteiger partial charge in [0.15, 0.2) is 0 Å². The maximum Gasteiger partial charge on any atom is 0.416 e. The third-order valence-electron chi connectivity index (χ3n) is 5.49. The summed E-state index contributed by atoms with van der Waals surface area (Å²) in [5.41, 5.74) is -1.00. The van der Waals surface area contributed by atoms with Crippen molar-refractivity contribution < 1.29 is 27.1 Å². The average Bonchev–Trinajstić information content (AvgIpc) is 3.08. The van der Waals surface area contributed by atoms with Crippen LogP contribution in [0.3, 0.4) is 0 Å². The molecule has 0 atom stereocenters. The van der Waals surface area contributed by atoms with Gasteiger partial charge in [0.05, 0.1) is 24.1 Å². The van der Waals surface area contributed by atoms with Gasteiger partial charge in [-0.25, -0.2) is 0 Å². The summed E-state index contributed by atoms with van der Waals surface area (Å²) < 4.78 is 50.2. The van der Waals surface area contributed by atoms with Gasteiger partial charge in [-0.05, 0) is 70.0 Å². The Kier molecular flexibility index (Phi) is 6.36. The fourth-order valence-electron chi connectivity index (χ4n) is 3.92. The number of furan rings is 1. The Bertz CT molecular complexity index is 836. The van der Waals surface area contributed by atoms with Crippen molar-refractivity contribution in [2.45, 2.75) is 45.8 Å². The number of ether oxygens (including phenoxy) is 1. The fourth-order valence-corrected chi connectivity index (χ4v) is 3.92. The molecule has 0 saturated carbocycles. The van der Waals surface area contributed by atoms with Crippen molar-refractivity contribution in [3.63, 3.8) is 0 Å². The van der Waals surface area contributed by atoms with Crippen molar-refractivity contribution in [3.8, 4) is 0 Å². The van der Waals surface area contributed by atoms with Gasteiger partial charge in [-0.1, -0.05) is 18.2 Å². The average molecular weight is 409 g/mol. The van der Waals surface area contributed by atoms with E-state index in [0.717, 1.165) is 23.7 Å². The van der Waals surface area contributed by atoms with E-state index in [4.69, 9.17) is 9.15 Å². The Labute approximate surface area is 168 Å². The van der Waals surface area contributed by atoms with E-state index in [1.54, 1.807) is 13.0 Å². The molecular weight excluding hydrogens is 383 g/mol. The predicted octanol–water partition coefficient (Wildman–Crippen LogP) is 4.99. The predicted molar refractivity (Wildman–Crippen MR) is 102 cm³/mol. The first-order chi connectivity index (χ1) is 13.7. The van der Waals surface area contributed by atoms with E-state index >= 15 is 0 Å². The zero-order chi connectivity index (χ0) is 21.1. The standard InChI is InChI=1S/C22H26F3NO3/c1-3-28-20(27)21(14-17-5-4-6-18(13-17)22(23,24)25)9-11-26(12-10-21)15-19-8-7-16(2)29-19/h4-8,13H,3,9-12,14-15H2,1-2H3. The molecule has 4 nitrogen and oxygen atoms in total. The Hall–Kier alpha value is -2.28. The van der Waals surface area contributed by atoms with Gasteiger partial charge in [0.2, 0.25) is 0 Å². The summed E-state index contributed by atoms with van der Waals surface area (Å²) in [5, 5.41) is 0. The van der Waals surface area contributed by atoms with Gasteiger partial charge in [0, 0.05) is 0 Å². The minimum Gasteiger partial charge on any atom is -0.466 e. The zero-order valence-electron chi connectivity index (χ0n) is 16.7. The van der Waals surface area contributed by atoms with E-state index in [1.165, 1.54) is 6.07 Å². The molecule has 1 aromatic heterocycles. The van der Waals surface area contributed by atoms with Gasteiger partial charge >= 0.3 is 12.1 Å². The molecule has 3 rings (SSSR count). The SMILES string of the molecule is CCOC(=O)C1(Cc2cccc(C(F)(F)F)c2)CCN(Cc2ccc(C)o2)CC1. The summed E-state index contributed by atoms with van der Waals surface area (Å²) in [6, 6.07) is 9.08. The summed E-state index contributed by atoms with van der Waals surface area (Å²) in [7, 11) is 0. The van der Waals surface area contributed by atoms with Crippen molar-refractivity contribution in [3.05, 3.63) is 59.0 Å². The Morgan fingerprint density at radius 3 is 2.52 bits per heavy atom. The molecule has 2 aromatic rings. The molecule has 0 N–H and O–H groups in total. The lowest BCUT2D eigenvalue weighted by Gasteiger charge is -2.40. The largest absolute Gasteiger partial charge is 0.466 e. The Morgan fingerprint density at radius 1 is 1.21 bits per heavy atom. The van der Waals surface area contributed by atoms with E-state index in [9.17, 15) is 18.0 Å². The topological polar surface area (TPSA) is 42.7 Å². The number of carbonyl (C=O) groups is 1. The maximum absolute atomic E-state index is 13.1. The van der Waals surface area contributed by atoms with E-state index in [1.807, 2.05) is 19.1 Å². The number of benzene rings is 1. The molecule has 2 heterocycles. The minimum atomic E-state index is -4.41. The smallest absolute Gasteiger partial charge is 0.416 e. The number of halogens is 3. The van der Waals surface area contributed by atoms with Crippen LogP contribution in [0.1, 0.15) is 42.4 Å². The van der Waals surface area contributed by atoms with Crippen molar-refractivity contribution in [2.75, 3.05) is 19.7 Å².